The van der Waals surface area contributed by atoms with Gasteiger partial charge in [0, 0.05) is 19.3 Å². The average molecular weight is 331 g/mol. The van der Waals surface area contributed by atoms with Crippen LogP contribution in [0.3, 0.4) is 0 Å². The van der Waals surface area contributed by atoms with Gasteiger partial charge in [-0.15, -0.1) is 12.4 Å². The standard InChI is InChI=1S/C14H22N4O3.ClH/c1-10(14(20)21-2)8-16-13(19)12-5-7-18(17-12)11-4-3-6-15-9-11;/h5,7,10-11,15H,3-4,6,8-9H2,1-2H3,(H,16,19);1H. The van der Waals surface area contributed by atoms with E-state index in [1.165, 1.54) is 7.11 Å². The summed E-state index contributed by atoms with van der Waals surface area (Å²) in [5.41, 5.74) is 0.373. The Morgan fingerprint density at radius 1 is 1.59 bits per heavy atom. The van der Waals surface area contributed by atoms with E-state index in [4.69, 9.17) is 0 Å². The molecule has 0 radical (unpaired) electrons. The molecule has 22 heavy (non-hydrogen) atoms. The van der Waals surface area contributed by atoms with E-state index in [9.17, 15) is 9.59 Å². The van der Waals surface area contributed by atoms with Crippen LogP contribution in [0.25, 0.3) is 0 Å². The van der Waals surface area contributed by atoms with Crippen molar-refractivity contribution in [3.63, 3.8) is 0 Å². The number of hydrogen-bond donors (Lipinski definition) is 2. The summed E-state index contributed by atoms with van der Waals surface area (Å²) in [5, 5.41) is 10.3. The molecule has 2 atom stereocenters. The van der Waals surface area contributed by atoms with Crippen molar-refractivity contribution >= 4 is 24.3 Å². The molecule has 1 aromatic rings. The van der Waals surface area contributed by atoms with Crippen molar-refractivity contribution in [3.8, 4) is 0 Å². The predicted octanol–water partition coefficient (Wildman–Crippen LogP) is 0.768. The first-order valence-electron chi connectivity index (χ1n) is 7.23. The van der Waals surface area contributed by atoms with Crippen molar-refractivity contribution < 1.29 is 14.3 Å². The first kappa shape index (κ1) is 18.4. The Bertz CT molecular complexity index is 500. The van der Waals surface area contributed by atoms with Crippen LogP contribution in [-0.2, 0) is 9.53 Å². The number of amides is 1. The first-order valence-corrected chi connectivity index (χ1v) is 7.23. The van der Waals surface area contributed by atoms with Gasteiger partial charge < -0.3 is 15.4 Å². The minimum absolute atomic E-state index is 0. The number of halogens is 1. The van der Waals surface area contributed by atoms with Crippen molar-refractivity contribution in [2.75, 3.05) is 26.7 Å². The molecular weight excluding hydrogens is 308 g/mol. The highest BCUT2D eigenvalue weighted by Crippen LogP contribution is 2.15. The second kappa shape index (κ2) is 8.75. The predicted molar refractivity (Wildman–Crippen MR) is 84.1 cm³/mol. The number of carbonyl (C=O) groups excluding carboxylic acids is 2. The molecule has 1 aliphatic heterocycles. The van der Waals surface area contributed by atoms with Crippen LogP contribution in [0.15, 0.2) is 12.3 Å². The second-order valence-corrected chi connectivity index (χ2v) is 5.32. The highest BCUT2D eigenvalue weighted by molar-refractivity contribution is 5.92. The van der Waals surface area contributed by atoms with E-state index in [-0.39, 0.29) is 36.7 Å². The van der Waals surface area contributed by atoms with Crippen LogP contribution < -0.4 is 10.6 Å². The lowest BCUT2D eigenvalue weighted by atomic mass is 10.1. The minimum Gasteiger partial charge on any atom is -0.469 e. The lowest BCUT2D eigenvalue weighted by molar-refractivity contribution is -0.144. The number of piperidine rings is 1. The average Bonchev–Trinajstić information content (AvgIpc) is 3.02. The molecule has 2 unspecified atom stereocenters. The molecule has 1 amide bonds. The molecule has 2 heterocycles. The van der Waals surface area contributed by atoms with E-state index in [0.717, 1.165) is 25.9 Å². The smallest absolute Gasteiger partial charge is 0.310 e. The van der Waals surface area contributed by atoms with Crippen LogP contribution in [0, 0.1) is 5.92 Å². The van der Waals surface area contributed by atoms with Crippen LogP contribution in [0.4, 0.5) is 0 Å². The lowest BCUT2D eigenvalue weighted by Gasteiger charge is -2.22. The molecule has 7 nitrogen and oxygen atoms in total. The molecule has 2 rings (SSSR count). The normalized spacial score (nSPS) is 18.9. The summed E-state index contributed by atoms with van der Waals surface area (Å²) >= 11 is 0. The Morgan fingerprint density at radius 3 is 3.00 bits per heavy atom. The van der Waals surface area contributed by atoms with E-state index in [1.54, 1.807) is 13.0 Å². The Balaban J connectivity index is 0.00000242. The SMILES string of the molecule is COC(=O)C(C)CNC(=O)c1ccn(C2CCCNC2)n1.Cl. The highest BCUT2D eigenvalue weighted by atomic mass is 35.5. The molecule has 8 heteroatoms. The van der Waals surface area contributed by atoms with Crippen LogP contribution >= 0.6 is 12.4 Å². The van der Waals surface area contributed by atoms with Gasteiger partial charge in [0.2, 0.25) is 0 Å². The van der Waals surface area contributed by atoms with Gasteiger partial charge in [-0.05, 0) is 25.5 Å². The number of ether oxygens (including phenoxy) is 1. The molecule has 0 aliphatic carbocycles. The summed E-state index contributed by atoms with van der Waals surface area (Å²) in [6.45, 7) is 3.86. The summed E-state index contributed by atoms with van der Waals surface area (Å²) in [6, 6.07) is 2.00. The molecule has 0 saturated carbocycles. The number of methoxy groups -OCH3 is 1. The molecule has 124 valence electrons. The fraction of sp³-hybridized carbons (Fsp3) is 0.643. The largest absolute Gasteiger partial charge is 0.469 e. The van der Waals surface area contributed by atoms with Gasteiger partial charge in [-0.3, -0.25) is 14.3 Å². The summed E-state index contributed by atoms with van der Waals surface area (Å²) < 4.78 is 6.45. The number of carbonyl (C=O) groups is 2. The van der Waals surface area contributed by atoms with E-state index in [2.05, 4.69) is 20.5 Å². The van der Waals surface area contributed by atoms with Crippen LogP contribution in [0.5, 0.6) is 0 Å². The fourth-order valence-corrected chi connectivity index (χ4v) is 2.34. The number of hydrogen-bond acceptors (Lipinski definition) is 5. The number of nitrogens with one attached hydrogen (secondary N) is 2. The van der Waals surface area contributed by atoms with Crippen LogP contribution in [-0.4, -0.2) is 48.4 Å². The molecule has 1 aromatic heterocycles. The highest BCUT2D eigenvalue weighted by Gasteiger charge is 2.19. The van der Waals surface area contributed by atoms with E-state index < -0.39 is 0 Å². The van der Waals surface area contributed by atoms with Gasteiger partial charge in [0.05, 0.1) is 19.1 Å². The van der Waals surface area contributed by atoms with Gasteiger partial charge in [-0.25, -0.2) is 0 Å². The molecule has 1 saturated heterocycles. The molecule has 1 fully saturated rings. The molecule has 1 aliphatic rings. The Labute approximate surface area is 136 Å². The fourth-order valence-electron chi connectivity index (χ4n) is 2.34. The third-order valence-electron chi connectivity index (χ3n) is 3.66. The summed E-state index contributed by atoms with van der Waals surface area (Å²) in [6.07, 6.45) is 4.01. The summed E-state index contributed by atoms with van der Waals surface area (Å²) in [5.74, 6) is -0.981. The Morgan fingerprint density at radius 2 is 2.36 bits per heavy atom. The molecule has 0 aromatic carbocycles. The molecule has 0 bridgehead atoms. The zero-order valence-electron chi connectivity index (χ0n) is 12.9. The monoisotopic (exact) mass is 330 g/mol. The molecule has 0 spiro atoms. The molecular formula is C14H23ClN4O3. The maximum absolute atomic E-state index is 12.0. The number of nitrogens with zero attached hydrogens (tertiary/aromatic N) is 2. The summed E-state index contributed by atoms with van der Waals surface area (Å²) in [7, 11) is 1.33. The van der Waals surface area contributed by atoms with Gasteiger partial charge in [-0.1, -0.05) is 6.92 Å². The van der Waals surface area contributed by atoms with E-state index >= 15 is 0 Å². The number of rotatable bonds is 5. The van der Waals surface area contributed by atoms with Crippen molar-refractivity contribution in [3.05, 3.63) is 18.0 Å². The lowest BCUT2D eigenvalue weighted by Crippen LogP contribution is -2.33. The van der Waals surface area contributed by atoms with Gasteiger partial charge in [0.15, 0.2) is 0 Å². The van der Waals surface area contributed by atoms with E-state index in [0.29, 0.717) is 11.7 Å². The minimum atomic E-state index is -0.372. The van der Waals surface area contributed by atoms with Crippen molar-refractivity contribution in [1.82, 2.24) is 20.4 Å². The topological polar surface area (TPSA) is 85.2 Å². The van der Waals surface area contributed by atoms with Gasteiger partial charge in [0.1, 0.15) is 5.69 Å². The zero-order chi connectivity index (χ0) is 15.2. The van der Waals surface area contributed by atoms with Gasteiger partial charge >= 0.3 is 5.97 Å². The molecule has 2 N–H and O–H groups in total. The van der Waals surface area contributed by atoms with E-state index in [1.807, 2.05) is 10.9 Å². The van der Waals surface area contributed by atoms with Gasteiger partial charge in [0.25, 0.3) is 5.91 Å². The van der Waals surface area contributed by atoms with Crippen LogP contribution in [0.2, 0.25) is 0 Å². The van der Waals surface area contributed by atoms with Crippen molar-refractivity contribution in [2.24, 2.45) is 5.92 Å². The third kappa shape index (κ3) is 4.71. The number of esters is 1. The van der Waals surface area contributed by atoms with Crippen molar-refractivity contribution in [2.45, 2.75) is 25.8 Å². The number of aromatic nitrogens is 2. The maximum atomic E-state index is 12.0. The van der Waals surface area contributed by atoms with Crippen molar-refractivity contribution in [1.29, 1.82) is 0 Å². The maximum Gasteiger partial charge on any atom is 0.310 e. The quantitative estimate of drug-likeness (QED) is 0.779. The second-order valence-electron chi connectivity index (χ2n) is 5.32. The van der Waals surface area contributed by atoms with Crippen LogP contribution in [0.1, 0.15) is 36.3 Å². The Hall–Kier alpha value is -1.60. The summed E-state index contributed by atoms with van der Waals surface area (Å²) in [4.78, 5) is 23.3. The first-order chi connectivity index (χ1) is 10.1. The van der Waals surface area contributed by atoms with Gasteiger partial charge in [-0.2, -0.15) is 5.10 Å². The zero-order valence-corrected chi connectivity index (χ0v) is 13.7. The third-order valence-corrected chi connectivity index (χ3v) is 3.66. The Kier molecular flexibility index (Phi) is 7.34.